The van der Waals surface area contributed by atoms with Crippen LogP contribution in [0.3, 0.4) is 0 Å². The Balaban J connectivity index is 0.000000182. The van der Waals surface area contributed by atoms with Crippen molar-refractivity contribution in [2.75, 3.05) is 81.3 Å². The normalized spacial score (nSPS) is 26.1. The third kappa shape index (κ3) is 10.9. The van der Waals surface area contributed by atoms with E-state index < -0.39 is 0 Å². The van der Waals surface area contributed by atoms with Crippen LogP contribution in [0, 0.1) is 11.8 Å². The van der Waals surface area contributed by atoms with Crippen LogP contribution in [-0.2, 0) is 33.7 Å². The molecular formula is C61H82N6O7. The summed E-state index contributed by atoms with van der Waals surface area (Å²) in [7, 11) is 8.97. The summed E-state index contributed by atoms with van der Waals surface area (Å²) in [4.78, 5) is 53.1. The number of aliphatic hydroxyl groups excluding tert-OH is 1. The number of hydrogen-bond acceptors (Lipinski definition) is 9. The molecule has 4 aromatic rings. The standard InChI is InChI=1S/C31H41N3O4.C30H41N3O3/c1-32(22-28(35)38-3)31(26-10-5-4-6-11-26)18-16-30(17-19-31)23-33(20-25-12-14-27(37-2)15-13-25)29(36)34(30)21-24-8-7-9-24;1-31(19-20-34)30(26-9-4-3-5-10-26)17-15-29(16-18-30)23-32(21-25-11-13-27(36-2)14-12-25)28(35)33(29)22-24-7-6-8-24/h4-6,10-15,24H,7-9,16-23H2,1-3H3;3-5,9-14,24,34H,6-8,15-23H2,1-2H3. The Hall–Kier alpha value is -5.63. The van der Waals surface area contributed by atoms with E-state index in [2.05, 4.69) is 110 Å². The van der Waals surface area contributed by atoms with Crippen LogP contribution < -0.4 is 9.47 Å². The van der Waals surface area contributed by atoms with E-state index in [1.54, 1.807) is 14.2 Å². The Kier molecular flexibility index (Phi) is 16.6. The highest BCUT2D eigenvalue weighted by atomic mass is 16.5. The van der Waals surface area contributed by atoms with Crippen molar-refractivity contribution in [3.63, 3.8) is 0 Å². The molecule has 4 saturated carbocycles. The van der Waals surface area contributed by atoms with Gasteiger partial charge in [-0.15, -0.1) is 0 Å². The van der Waals surface area contributed by atoms with Crippen LogP contribution in [0.15, 0.2) is 109 Å². The van der Waals surface area contributed by atoms with E-state index in [9.17, 15) is 19.5 Å². The van der Waals surface area contributed by atoms with Gasteiger partial charge in [0.25, 0.3) is 0 Å². The second-order valence-electron chi connectivity index (χ2n) is 22.6. The van der Waals surface area contributed by atoms with Gasteiger partial charge < -0.3 is 38.9 Å². The lowest BCUT2D eigenvalue weighted by atomic mass is 9.67. The fourth-order valence-electron chi connectivity index (χ4n) is 13.5. The number of likely N-dealkylation sites (N-methyl/N-ethyl adjacent to an activating group) is 2. The van der Waals surface area contributed by atoms with Crippen molar-refractivity contribution in [2.24, 2.45) is 11.8 Å². The predicted molar refractivity (Wildman–Crippen MR) is 289 cm³/mol. The van der Waals surface area contributed by atoms with Gasteiger partial charge in [-0.05, 0) is 150 Å². The Morgan fingerprint density at radius 3 is 1.30 bits per heavy atom. The topological polar surface area (TPSA) is 119 Å². The van der Waals surface area contributed by atoms with Crippen LogP contribution in [0.4, 0.5) is 9.59 Å². The number of hydrogen-bond donors (Lipinski definition) is 1. The molecule has 4 aromatic carbocycles. The number of ether oxygens (including phenoxy) is 3. The summed E-state index contributed by atoms with van der Waals surface area (Å²) < 4.78 is 15.6. The number of benzene rings is 4. The van der Waals surface area contributed by atoms with Gasteiger partial charge in [-0.1, -0.05) is 97.8 Å². The fraction of sp³-hybridized carbons (Fsp3) is 0.557. The summed E-state index contributed by atoms with van der Waals surface area (Å²) in [5.41, 5.74) is 4.14. The minimum Gasteiger partial charge on any atom is -0.497 e. The van der Waals surface area contributed by atoms with Crippen molar-refractivity contribution in [1.29, 1.82) is 0 Å². The second-order valence-corrected chi connectivity index (χ2v) is 22.6. The van der Waals surface area contributed by atoms with Crippen molar-refractivity contribution in [1.82, 2.24) is 29.4 Å². The molecule has 0 radical (unpaired) electrons. The van der Waals surface area contributed by atoms with Crippen LogP contribution in [0.5, 0.6) is 11.5 Å². The van der Waals surface area contributed by atoms with E-state index in [1.165, 1.54) is 56.8 Å². The Bertz CT molecular complexity index is 2470. The van der Waals surface area contributed by atoms with E-state index in [1.807, 2.05) is 42.3 Å². The van der Waals surface area contributed by atoms with Gasteiger partial charge in [0.05, 0.1) is 45.6 Å². The number of amides is 4. The largest absolute Gasteiger partial charge is 0.497 e. The summed E-state index contributed by atoms with van der Waals surface area (Å²) in [5.74, 6) is 2.69. The zero-order valence-corrected chi connectivity index (χ0v) is 44.9. The number of rotatable bonds is 18. The Labute approximate surface area is 440 Å². The molecular weight excluding hydrogens is 929 g/mol. The van der Waals surface area contributed by atoms with Crippen molar-refractivity contribution >= 4 is 18.0 Å². The summed E-state index contributed by atoms with van der Waals surface area (Å²) in [6.45, 7) is 5.57. The van der Waals surface area contributed by atoms with E-state index in [-0.39, 0.29) is 53.3 Å². The van der Waals surface area contributed by atoms with E-state index >= 15 is 0 Å². The van der Waals surface area contributed by atoms with Gasteiger partial charge in [0.15, 0.2) is 0 Å². The number of carbonyl (C=O) groups excluding carboxylic acids is 3. The number of carbonyl (C=O) groups is 3. The lowest BCUT2D eigenvalue weighted by Gasteiger charge is -2.52. The molecule has 2 aliphatic heterocycles. The first-order valence-corrected chi connectivity index (χ1v) is 27.5. The van der Waals surface area contributed by atoms with Crippen molar-refractivity contribution in [3.8, 4) is 11.5 Å². The quantitative estimate of drug-likeness (QED) is 0.0973. The van der Waals surface area contributed by atoms with Crippen molar-refractivity contribution in [3.05, 3.63) is 131 Å². The zero-order valence-electron chi connectivity index (χ0n) is 44.9. The molecule has 0 unspecified atom stereocenters. The molecule has 2 saturated heterocycles. The molecule has 1 N–H and O–H groups in total. The SMILES string of the molecule is COC(=O)CN(C)C1(c2ccccc2)CCC2(CC1)CN(Cc1ccc(OC)cc1)C(=O)N2CC1CCC1.COc1ccc(CN2CC3(CCC(c4ccccc4)(N(C)CCO)CC3)N(CC3CCC3)C2=O)cc1. The molecule has 10 rings (SSSR count). The molecule has 0 atom stereocenters. The number of methoxy groups -OCH3 is 3. The second kappa shape index (κ2) is 23.1. The lowest BCUT2D eigenvalue weighted by Crippen LogP contribution is -2.57. The van der Waals surface area contributed by atoms with E-state index in [4.69, 9.17) is 14.2 Å². The smallest absolute Gasteiger partial charge is 0.320 e. The molecule has 0 aromatic heterocycles. The maximum Gasteiger partial charge on any atom is 0.320 e. The molecule has 74 heavy (non-hydrogen) atoms. The van der Waals surface area contributed by atoms with Gasteiger partial charge in [-0.25, -0.2) is 9.59 Å². The highest BCUT2D eigenvalue weighted by molar-refractivity contribution is 5.79. The maximum absolute atomic E-state index is 13.9. The van der Waals surface area contributed by atoms with Gasteiger partial charge in [0, 0.05) is 56.9 Å². The average Bonchev–Trinajstić information content (AvgIpc) is 3.80. The third-order valence-corrected chi connectivity index (χ3v) is 18.6. The van der Waals surface area contributed by atoms with Crippen LogP contribution in [0.1, 0.15) is 112 Å². The summed E-state index contributed by atoms with van der Waals surface area (Å²) in [5, 5.41) is 9.74. The van der Waals surface area contributed by atoms with Crippen molar-refractivity contribution in [2.45, 2.75) is 125 Å². The number of nitrogens with zero attached hydrogens (tertiary/aromatic N) is 6. The van der Waals surface area contributed by atoms with Gasteiger partial charge in [0.1, 0.15) is 11.5 Å². The minimum atomic E-state index is -0.269. The molecule has 2 spiro atoms. The van der Waals surface area contributed by atoms with Gasteiger partial charge in [-0.3, -0.25) is 14.6 Å². The maximum atomic E-state index is 13.9. The zero-order chi connectivity index (χ0) is 51.9. The molecule has 2 heterocycles. The Morgan fingerprint density at radius 2 is 0.959 bits per heavy atom. The summed E-state index contributed by atoms with van der Waals surface area (Å²) in [6.07, 6.45) is 15.0. The molecule has 13 heteroatoms. The van der Waals surface area contributed by atoms with Gasteiger partial charge in [0.2, 0.25) is 0 Å². The number of esters is 1. The van der Waals surface area contributed by atoms with Crippen LogP contribution in [-0.4, -0.2) is 145 Å². The monoisotopic (exact) mass is 1010 g/mol. The van der Waals surface area contributed by atoms with Crippen molar-refractivity contribution < 1.29 is 33.7 Å². The van der Waals surface area contributed by atoms with Crippen LogP contribution >= 0.6 is 0 Å². The first kappa shape index (κ1) is 53.2. The molecule has 6 fully saturated rings. The van der Waals surface area contributed by atoms with Crippen LogP contribution in [0.2, 0.25) is 0 Å². The summed E-state index contributed by atoms with van der Waals surface area (Å²) in [6, 6.07) is 37.8. The Morgan fingerprint density at radius 1 is 0.568 bits per heavy atom. The highest BCUT2D eigenvalue weighted by Crippen LogP contribution is 2.52. The molecule has 6 aliphatic rings. The lowest BCUT2D eigenvalue weighted by molar-refractivity contribution is -0.144. The van der Waals surface area contributed by atoms with Gasteiger partial charge >= 0.3 is 18.0 Å². The molecule has 4 amide bonds. The van der Waals surface area contributed by atoms with Crippen LogP contribution in [0.25, 0.3) is 0 Å². The number of aliphatic hydroxyl groups is 1. The highest BCUT2D eigenvalue weighted by Gasteiger charge is 2.57. The number of urea groups is 2. The summed E-state index contributed by atoms with van der Waals surface area (Å²) >= 11 is 0. The molecule has 0 bridgehead atoms. The first-order chi connectivity index (χ1) is 35.9. The molecule has 4 aliphatic carbocycles. The van der Waals surface area contributed by atoms with Gasteiger partial charge in [-0.2, -0.15) is 0 Å². The van der Waals surface area contributed by atoms with E-state index in [0.717, 1.165) is 100 Å². The third-order valence-electron chi connectivity index (χ3n) is 18.6. The van der Waals surface area contributed by atoms with E-state index in [0.29, 0.717) is 31.5 Å². The first-order valence-electron chi connectivity index (χ1n) is 27.5. The average molecular weight is 1010 g/mol. The fourth-order valence-corrected chi connectivity index (χ4v) is 13.5. The predicted octanol–water partition coefficient (Wildman–Crippen LogP) is 9.91. The minimum absolute atomic E-state index is 0.107. The molecule has 398 valence electrons. The molecule has 13 nitrogen and oxygen atoms in total.